The molecule has 0 spiro atoms. The quantitative estimate of drug-likeness (QED) is 0.749. The second kappa shape index (κ2) is 10.1. The Kier molecular flexibility index (Phi) is 7.50. The van der Waals surface area contributed by atoms with Gasteiger partial charge >= 0.3 is 0 Å². The lowest BCUT2D eigenvalue weighted by Crippen LogP contribution is -2.55. The summed E-state index contributed by atoms with van der Waals surface area (Å²) in [6.45, 7) is 9.47. The summed E-state index contributed by atoms with van der Waals surface area (Å²) < 4.78 is 5.41. The molecule has 7 nitrogen and oxygen atoms in total. The second-order valence-electron chi connectivity index (χ2n) is 8.05. The van der Waals surface area contributed by atoms with Crippen molar-refractivity contribution >= 4 is 11.8 Å². The van der Waals surface area contributed by atoms with Crippen molar-refractivity contribution in [2.24, 2.45) is 0 Å². The lowest BCUT2D eigenvalue weighted by molar-refractivity contribution is -0.133. The van der Waals surface area contributed by atoms with Crippen LogP contribution in [0.25, 0.3) is 0 Å². The molecule has 2 saturated heterocycles. The van der Waals surface area contributed by atoms with Crippen LogP contribution in [0.15, 0.2) is 24.3 Å². The van der Waals surface area contributed by atoms with Gasteiger partial charge in [0.05, 0.1) is 25.7 Å². The van der Waals surface area contributed by atoms with Crippen LogP contribution in [0, 0.1) is 0 Å². The summed E-state index contributed by atoms with van der Waals surface area (Å²) in [5, 5.41) is 3.11. The lowest BCUT2D eigenvalue weighted by Gasteiger charge is -2.37. The van der Waals surface area contributed by atoms with E-state index in [0.717, 1.165) is 63.4 Å². The van der Waals surface area contributed by atoms with E-state index < -0.39 is 0 Å². The van der Waals surface area contributed by atoms with E-state index in [2.05, 4.69) is 15.1 Å². The van der Waals surface area contributed by atoms with Crippen molar-refractivity contribution in [3.8, 4) is 5.75 Å². The van der Waals surface area contributed by atoms with Crippen LogP contribution in [-0.2, 0) is 9.59 Å². The Balaban J connectivity index is 1.46. The zero-order valence-corrected chi connectivity index (χ0v) is 17.9. The van der Waals surface area contributed by atoms with E-state index in [0.29, 0.717) is 6.54 Å². The average Bonchev–Trinajstić information content (AvgIpc) is 3.28. The van der Waals surface area contributed by atoms with E-state index in [9.17, 15) is 9.59 Å². The number of amides is 2. The maximum absolute atomic E-state index is 12.8. The number of nitrogens with one attached hydrogen (secondary N) is 1. The summed E-state index contributed by atoms with van der Waals surface area (Å²) in [5.41, 5.74) is 0.973. The maximum atomic E-state index is 12.8. The highest BCUT2D eigenvalue weighted by Crippen LogP contribution is 2.24. The van der Waals surface area contributed by atoms with Crippen LogP contribution in [0.5, 0.6) is 5.75 Å². The molecule has 160 valence electrons. The van der Waals surface area contributed by atoms with Gasteiger partial charge in [0.1, 0.15) is 5.75 Å². The first-order chi connectivity index (χ1) is 14.0. The smallest absolute Gasteiger partial charge is 0.237 e. The second-order valence-corrected chi connectivity index (χ2v) is 8.05. The molecule has 0 aromatic heterocycles. The number of piperazine rings is 1. The standard InChI is InChI=1S/C22H34N4O3/c1-17(19-8-4-5-9-20(19)29-3)23-22(28)18(2)25-14-12-24(13-15-25)16-21(27)26-10-6-7-11-26/h4-5,8-9,17-18H,6-7,10-16H2,1-3H3,(H,23,28). The third kappa shape index (κ3) is 5.48. The molecule has 0 saturated carbocycles. The fourth-order valence-electron chi connectivity index (χ4n) is 4.17. The highest BCUT2D eigenvalue weighted by Gasteiger charge is 2.28. The molecule has 29 heavy (non-hydrogen) atoms. The van der Waals surface area contributed by atoms with Gasteiger partial charge in [0.2, 0.25) is 11.8 Å². The summed E-state index contributed by atoms with van der Waals surface area (Å²) in [7, 11) is 1.64. The van der Waals surface area contributed by atoms with Gasteiger partial charge in [-0.1, -0.05) is 18.2 Å². The number of methoxy groups -OCH3 is 1. The van der Waals surface area contributed by atoms with Crippen LogP contribution in [0.1, 0.15) is 38.3 Å². The Labute approximate surface area is 174 Å². The summed E-state index contributed by atoms with van der Waals surface area (Å²) in [4.78, 5) is 31.5. The molecule has 2 atom stereocenters. The van der Waals surface area contributed by atoms with Crippen molar-refractivity contribution in [3.63, 3.8) is 0 Å². The van der Waals surface area contributed by atoms with Gasteiger partial charge in [0.15, 0.2) is 0 Å². The number of carbonyl (C=O) groups is 2. The number of nitrogens with zero attached hydrogens (tertiary/aromatic N) is 3. The number of ether oxygens (including phenoxy) is 1. The molecule has 2 aliphatic rings. The number of carbonyl (C=O) groups excluding carboxylic acids is 2. The van der Waals surface area contributed by atoms with Crippen molar-refractivity contribution in [3.05, 3.63) is 29.8 Å². The van der Waals surface area contributed by atoms with Gasteiger partial charge in [-0.05, 0) is 32.8 Å². The Bertz CT molecular complexity index is 697. The van der Waals surface area contributed by atoms with Crippen molar-refractivity contribution in [1.82, 2.24) is 20.0 Å². The van der Waals surface area contributed by atoms with Crippen LogP contribution in [0.3, 0.4) is 0 Å². The van der Waals surface area contributed by atoms with Crippen molar-refractivity contribution in [2.45, 2.75) is 38.8 Å². The summed E-state index contributed by atoms with van der Waals surface area (Å²) in [6, 6.07) is 7.43. The predicted molar refractivity (Wildman–Crippen MR) is 113 cm³/mol. The Morgan fingerprint density at radius 2 is 1.69 bits per heavy atom. The molecule has 1 aromatic carbocycles. The monoisotopic (exact) mass is 402 g/mol. The maximum Gasteiger partial charge on any atom is 0.237 e. The van der Waals surface area contributed by atoms with E-state index in [1.807, 2.05) is 43.0 Å². The summed E-state index contributed by atoms with van der Waals surface area (Å²) in [6.07, 6.45) is 2.25. The molecule has 0 radical (unpaired) electrons. The SMILES string of the molecule is COc1ccccc1C(C)NC(=O)C(C)N1CCN(CC(=O)N2CCCC2)CC1. The van der Waals surface area contributed by atoms with Gasteiger partial charge in [-0.15, -0.1) is 0 Å². The fraction of sp³-hybridized carbons (Fsp3) is 0.636. The Morgan fingerprint density at radius 3 is 2.34 bits per heavy atom. The van der Waals surface area contributed by atoms with Gasteiger partial charge in [-0.3, -0.25) is 19.4 Å². The molecule has 1 N–H and O–H groups in total. The van der Waals surface area contributed by atoms with Gasteiger partial charge in [-0.25, -0.2) is 0 Å². The molecule has 2 heterocycles. The van der Waals surface area contributed by atoms with Crippen molar-refractivity contribution in [2.75, 3.05) is 52.9 Å². The largest absolute Gasteiger partial charge is 0.496 e. The molecule has 3 rings (SSSR count). The molecular formula is C22H34N4O3. The molecule has 2 amide bonds. The number of hydrogen-bond donors (Lipinski definition) is 1. The molecule has 1 aromatic rings. The average molecular weight is 403 g/mol. The first-order valence-electron chi connectivity index (χ1n) is 10.7. The van der Waals surface area contributed by atoms with Crippen molar-refractivity contribution < 1.29 is 14.3 Å². The summed E-state index contributed by atoms with van der Waals surface area (Å²) in [5.74, 6) is 1.04. The van der Waals surface area contributed by atoms with Gasteiger partial charge in [0, 0.05) is 44.8 Å². The molecule has 0 bridgehead atoms. The molecule has 7 heteroatoms. The number of rotatable bonds is 7. The highest BCUT2D eigenvalue weighted by molar-refractivity contribution is 5.82. The van der Waals surface area contributed by atoms with Crippen molar-refractivity contribution in [1.29, 1.82) is 0 Å². The van der Waals surface area contributed by atoms with Crippen LogP contribution < -0.4 is 10.1 Å². The Morgan fingerprint density at radius 1 is 1.03 bits per heavy atom. The first-order valence-corrected chi connectivity index (χ1v) is 10.7. The molecular weight excluding hydrogens is 368 g/mol. The van der Waals surface area contributed by atoms with E-state index in [4.69, 9.17) is 4.74 Å². The lowest BCUT2D eigenvalue weighted by atomic mass is 10.1. The predicted octanol–water partition coefficient (Wildman–Crippen LogP) is 1.50. The third-order valence-corrected chi connectivity index (χ3v) is 6.12. The van der Waals surface area contributed by atoms with E-state index in [-0.39, 0.29) is 23.9 Å². The minimum Gasteiger partial charge on any atom is -0.496 e. The normalized spacial score (nSPS) is 20.3. The van der Waals surface area contributed by atoms with Gasteiger partial charge in [0.25, 0.3) is 0 Å². The molecule has 2 unspecified atom stereocenters. The van der Waals surface area contributed by atoms with E-state index in [1.165, 1.54) is 0 Å². The topological polar surface area (TPSA) is 65.1 Å². The van der Waals surface area contributed by atoms with Gasteiger partial charge < -0.3 is 15.0 Å². The third-order valence-electron chi connectivity index (χ3n) is 6.12. The molecule has 0 aliphatic carbocycles. The minimum absolute atomic E-state index is 0.0185. The molecule has 2 fully saturated rings. The summed E-state index contributed by atoms with van der Waals surface area (Å²) >= 11 is 0. The van der Waals surface area contributed by atoms with Crippen LogP contribution in [0.4, 0.5) is 0 Å². The van der Waals surface area contributed by atoms with Crippen LogP contribution in [-0.4, -0.2) is 85.5 Å². The number of likely N-dealkylation sites (tertiary alicyclic amines) is 1. The molecule has 2 aliphatic heterocycles. The number of hydrogen-bond acceptors (Lipinski definition) is 5. The van der Waals surface area contributed by atoms with Crippen LogP contribution in [0.2, 0.25) is 0 Å². The van der Waals surface area contributed by atoms with E-state index in [1.54, 1.807) is 7.11 Å². The van der Waals surface area contributed by atoms with Crippen LogP contribution >= 0.6 is 0 Å². The number of benzene rings is 1. The van der Waals surface area contributed by atoms with E-state index >= 15 is 0 Å². The number of para-hydroxylation sites is 1. The zero-order valence-electron chi connectivity index (χ0n) is 17.9. The van der Waals surface area contributed by atoms with Gasteiger partial charge in [-0.2, -0.15) is 0 Å². The minimum atomic E-state index is -0.205. The zero-order chi connectivity index (χ0) is 20.8. The Hall–Kier alpha value is -2.12. The highest BCUT2D eigenvalue weighted by atomic mass is 16.5. The first kappa shape index (κ1) is 21.6. The fourth-order valence-corrected chi connectivity index (χ4v) is 4.17.